The van der Waals surface area contributed by atoms with Crippen molar-refractivity contribution >= 4 is 51.3 Å². The summed E-state index contributed by atoms with van der Waals surface area (Å²) in [5, 5.41) is 16.6. The van der Waals surface area contributed by atoms with Crippen molar-refractivity contribution in [1.82, 2.24) is 19.9 Å². The lowest BCUT2D eigenvalue weighted by atomic mass is 10.2. The second kappa shape index (κ2) is 11.5. The van der Waals surface area contributed by atoms with E-state index in [1.807, 2.05) is 32.0 Å². The number of nitrogens with one attached hydrogen (secondary N) is 2. The molecule has 36 heavy (non-hydrogen) atoms. The van der Waals surface area contributed by atoms with Crippen molar-refractivity contribution in [2.45, 2.75) is 13.8 Å². The van der Waals surface area contributed by atoms with Crippen LogP contribution in [0.3, 0.4) is 0 Å². The molecule has 0 saturated carbocycles. The van der Waals surface area contributed by atoms with Gasteiger partial charge in [0, 0.05) is 38.8 Å². The number of rotatable bonds is 9. The summed E-state index contributed by atoms with van der Waals surface area (Å²) in [7, 11) is 0. The Bertz CT molecular complexity index is 1230. The van der Waals surface area contributed by atoms with Gasteiger partial charge in [0.15, 0.2) is 5.13 Å². The maximum absolute atomic E-state index is 12.7. The van der Waals surface area contributed by atoms with Crippen molar-refractivity contribution in [2.24, 2.45) is 0 Å². The summed E-state index contributed by atoms with van der Waals surface area (Å²) < 4.78 is 0. The average molecular weight is 533 g/mol. The summed E-state index contributed by atoms with van der Waals surface area (Å²) in [4.78, 5) is 45.4. The molecule has 0 atom stereocenters. The van der Waals surface area contributed by atoms with Gasteiger partial charge in [-0.3, -0.25) is 9.69 Å². The Morgan fingerprint density at radius 2 is 2.03 bits per heavy atom. The molecule has 14 heteroatoms. The third-order valence-electron chi connectivity index (χ3n) is 5.55. The maximum Gasteiger partial charge on any atom is 0.294 e. The molecule has 3 heterocycles. The van der Waals surface area contributed by atoms with Crippen LogP contribution in [0.1, 0.15) is 21.1 Å². The number of carbonyl (C=O) groups excluding carboxylic acids is 1. The molecule has 0 radical (unpaired) electrons. The van der Waals surface area contributed by atoms with E-state index in [1.165, 1.54) is 17.5 Å². The Kier molecular flexibility index (Phi) is 8.13. The Balaban J connectivity index is 1.37. The molecule has 4 rings (SSSR count). The summed E-state index contributed by atoms with van der Waals surface area (Å²) in [5.41, 5.74) is 1.45. The van der Waals surface area contributed by atoms with Crippen molar-refractivity contribution in [3.8, 4) is 0 Å². The van der Waals surface area contributed by atoms with Crippen molar-refractivity contribution < 1.29 is 14.7 Å². The maximum atomic E-state index is 12.7. The highest BCUT2D eigenvalue weighted by Gasteiger charge is 2.20. The molecule has 12 nitrogen and oxygen atoms in total. The van der Waals surface area contributed by atoms with Crippen molar-refractivity contribution in [1.29, 1.82) is 0 Å². The first-order valence-corrected chi connectivity index (χ1v) is 12.4. The topological polar surface area (TPSA) is 139 Å². The summed E-state index contributed by atoms with van der Waals surface area (Å²) in [5.74, 6) is 1.65. The summed E-state index contributed by atoms with van der Waals surface area (Å²) >= 11 is 7.42. The molecule has 1 saturated heterocycles. The third kappa shape index (κ3) is 6.56. The SMILES string of the molecule is Cc1nc(Nc2ncc(C(=O)Nc3c(C)cccc3Cl)s2)cc(N2CCN(CCO[N+](=O)[O-])CC2)n1. The lowest BCUT2D eigenvalue weighted by Crippen LogP contribution is -2.47. The minimum Gasteiger partial charge on any atom is -0.354 e. The van der Waals surface area contributed by atoms with E-state index < -0.39 is 5.09 Å². The second-order valence-electron chi connectivity index (χ2n) is 8.08. The molecule has 190 valence electrons. The molecule has 0 spiro atoms. The highest BCUT2D eigenvalue weighted by molar-refractivity contribution is 7.17. The highest BCUT2D eigenvalue weighted by atomic mass is 35.5. The van der Waals surface area contributed by atoms with Crippen molar-refractivity contribution in [2.75, 3.05) is 54.9 Å². The van der Waals surface area contributed by atoms with E-state index in [1.54, 1.807) is 6.07 Å². The fourth-order valence-electron chi connectivity index (χ4n) is 3.73. The Labute approximate surface area is 216 Å². The number of piperazine rings is 1. The number of nitrogens with zero attached hydrogens (tertiary/aromatic N) is 6. The quantitative estimate of drug-likeness (QED) is 0.311. The molecule has 1 aliphatic heterocycles. The summed E-state index contributed by atoms with van der Waals surface area (Å²) in [6, 6.07) is 7.27. The van der Waals surface area contributed by atoms with Crippen molar-refractivity contribution in [3.63, 3.8) is 0 Å². The van der Waals surface area contributed by atoms with Gasteiger partial charge in [0.2, 0.25) is 0 Å². The molecule has 0 bridgehead atoms. The zero-order valence-electron chi connectivity index (χ0n) is 19.7. The van der Waals surface area contributed by atoms with Gasteiger partial charge in [-0.05, 0) is 25.5 Å². The molecule has 1 aliphatic rings. The molecule has 2 N–H and O–H groups in total. The second-order valence-corrected chi connectivity index (χ2v) is 9.52. The van der Waals surface area contributed by atoms with Gasteiger partial charge in [0.25, 0.3) is 11.0 Å². The molecule has 1 amide bonds. The first-order valence-electron chi connectivity index (χ1n) is 11.2. The van der Waals surface area contributed by atoms with Gasteiger partial charge < -0.3 is 20.4 Å². The van der Waals surface area contributed by atoms with Gasteiger partial charge in [-0.15, -0.1) is 10.1 Å². The number of thiazole rings is 1. The molecule has 1 aromatic carbocycles. The molecule has 1 fully saturated rings. The zero-order chi connectivity index (χ0) is 25.7. The Hall–Kier alpha value is -3.55. The van der Waals surface area contributed by atoms with Gasteiger partial charge in [-0.1, -0.05) is 35.1 Å². The normalized spacial score (nSPS) is 13.9. The molecule has 0 unspecified atom stereocenters. The molecule has 0 aliphatic carbocycles. The van der Waals surface area contributed by atoms with Gasteiger partial charge in [0.1, 0.15) is 28.9 Å². The minimum atomic E-state index is -0.772. The molecule has 2 aromatic heterocycles. The van der Waals surface area contributed by atoms with Crippen LogP contribution in [0.5, 0.6) is 0 Å². The van der Waals surface area contributed by atoms with E-state index >= 15 is 0 Å². The van der Waals surface area contributed by atoms with Gasteiger partial charge in [-0.25, -0.2) is 15.0 Å². The number of anilines is 4. The fourth-order valence-corrected chi connectivity index (χ4v) is 4.72. The Morgan fingerprint density at radius 1 is 1.25 bits per heavy atom. The fraction of sp³-hybridized carbons (Fsp3) is 0.364. The van der Waals surface area contributed by atoms with E-state index in [4.69, 9.17) is 11.6 Å². The Morgan fingerprint density at radius 3 is 2.75 bits per heavy atom. The van der Waals surface area contributed by atoms with Crippen LogP contribution in [0.4, 0.5) is 22.5 Å². The highest BCUT2D eigenvalue weighted by Crippen LogP contribution is 2.28. The van der Waals surface area contributed by atoms with Crippen LogP contribution in [0.25, 0.3) is 0 Å². The minimum absolute atomic E-state index is 0.0551. The van der Waals surface area contributed by atoms with E-state index in [2.05, 4.69) is 40.2 Å². The smallest absolute Gasteiger partial charge is 0.294 e. The number of benzene rings is 1. The van der Waals surface area contributed by atoms with Crippen molar-refractivity contribution in [3.05, 3.63) is 61.9 Å². The summed E-state index contributed by atoms with van der Waals surface area (Å²) in [6.45, 7) is 7.16. The predicted molar refractivity (Wildman–Crippen MR) is 138 cm³/mol. The van der Waals surface area contributed by atoms with Crippen LogP contribution in [-0.4, -0.2) is 70.2 Å². The first kappa shape index (κ1) is 25.5. The van der Waals surface area contributed by atoms with E-state index in [0.717, 1.165) is 37.6 Å². The van der Waals surface area contributed by atoms with Crippen LogP contribution in [-0.2, 0) is 4.84 Å². The lowest BCUT2D eigenvalue weighted by Gasteiger charge is -2.35. The number of aryl methyl sites for hydroxylation is 2. The number of amides is 1. The number of halogens is 1. The van der Waals surface area contributed by atoms with Crippen LogP contribution in [0.15, 0.2) is 30.5 Å². The molecule has 3 aromatic rings. The van der Waals surface area contributed by atoms with Gasteiger partial charge in [-0.2, -0.15) is 0 Å². The number of aromatic nitrogens is 3. The average Bonchev–Trinajstić information content (AvgIpc) is 3.30. The summed E-state index contributed by atoms with van der Waals surface area (Å²) in [6.07, 6.45) is 1.51. The number of para-hydroxylation sites is 1. The van der Waals surface area contributed by atoms with E-state index in [0.29, 0.717) is 38.9 Å². The lowest BCUT2D eigenvalue weighted by molar-refractivity contribution is -0.757. The van der Waals surface area contributed by atoms with Gasteiger partial charge >= 0.3 is 0 Å². The monoisotopic (exact) mass is 532 g/mol. The largest absolute Gasteiger partial charge is 0.354 e. The third-order valence-corrected chi connectivity index (χ3v) is 6.78. The van der Waals surface area contributed by atoms with E-state index in [9.17, 15) is 14.9 Å². The first-order chi connectivity index (χ1) is 17.3. The van der Waals surface area contributed by atoms with Gasteiger partial charge in [0.05, 0.1) is 16.9 Å². The van der Waals surface area contributed by atoms with E-state index in [-0.39, 0.29) is 12.5 Å². The van der Waals surface area contributed by atoms with Crippen LogP contribution in [0, 0.1) is 24.0 Å². The van der Waals surface area contributed by atoms with Crippen LogP contribution in [0.2, 0.25) is 5.02 Å². The zero-order valence-corrected chi connectivity index (χ0v) is 21.3. The van der Waals surface area contributed by atoms with Crippen LogP contribution >= 0.6 is 22.9 Å². The predicted octanol–water partition coefficient (Wildman–Crippen LogP) is 3.53. The number of hydrogen-bond acceptors (Lipinski definition) is 11. The number of hydrogen-bond donors (Lipinski definition) is 2. The van der Waals surface area contributed by atoms with Crippen LogP contribution < -0.4 is 15.5 Å². The molecular weight excluding hydrogens is 508 g/mol. The molecular formula is C22H25ClN8O4S. The number of carbonyl (C=O) groups is 1. The standard InChI is InChI=1S/C22H25ClN8O4S/c1-14-4-3-5-16(23)20(14)28-21(32)17-13-24-22(36-17)27-18-12-19(26-15(2)25-18)30-8-6-29(7-9-30)10-11-35-31(33)34/h3-5,12-13H,6-11H2,1-2H3,(H,28,32)(H,24,25,26,27).